The number of nitrogens with zero attached hydrogens (tertiary/aromatic N) is 4. The van der Waals surface area contributed by atoms with E-state index < -0.39 is 11.2 Å². The van der Waals surface area contributed by atoms with Crippen LogP contribution in [0.1, 0.15) is 18.4 Å². The fourth-order valence-corrected chi connectivity index (χ4v) is 2.87. The van der Waals surface area contributed by atoms with Crippen LogP contribution < -0.4 is 16.6 Å². The number of nitrogens with one attached hydrogen (secondary N) is 1. The average Bonchev–Trinajstić information content (AvgIpc) is 3.08. The molecule has 0 aliphatic rings. The third kappa shape index (κ3) is 3.81. The van der Waals surface area contributed by atoms with Crippen molar-refractivity contribution in [3.8, 4) is 0 Å². The van der Waals surface area contributed by atoms with Gasteiger partial charge in [0.15, 0.2) is 11.2 Å². The van der Waals surface area contributed by atoms with Crippen molar-refractivity contribution in [3.05, 3.63) is 62.8 Å². The lowest BCUT2D eigenvalue weighted by molar-refractivity contribution is -0.121. The fourth-order valence-electron chi connectivity index (χ4n) is 2.87. The molecule has 0 saturated heterocycles. The minimum Gasteiger partial charge on any atom is -0.352 e. The summed E-state index contributed by atoms with van der Waals surface area (Å²) in [7, 11) is 2.98. The van der Waals surface area contributed by atoms with Crippen LogP contribution in [0.15, 0.2) is 40.2 Å². The third-order valence-corrected chi connectivity index (χ3v) is 4.42. The van der Waals surface area contributed by atoms with Crippen LogP contribution in [-0.2, 0) is 32.0 Å². The van der Waals surface area contributed by atoms with E-state index in [1.807, 2.05) is 0 Å². The molecule has 8 nitrogen and oxygen atoms in total. The molecule has 1 aromatic carbocycles. The third-order valence-electron chi connectivity index (χ3n) is 4.42. The van der Waals surface area contributed by atoms with Crippen LogP contribution in [-0.4, -0.2) is 24.6 Å². The van der Waals surface area contributed by atoms with Crippen LogP contribution in [0.25, 0.3) is 11.2 Å². The van der Waals surface area contributed by atoms with Gasteiger partial charge in [-0.2, -0.15) is 0 Å². The molecule has 1 amide bonds. The largest absolute Gasteiger partial charge is 0.352 e. The standard InChI is InChI=1S/C18H20FN5O3/c1-22-16-15(17(26)23(2)18(22)27)24(11-21-16)9-3-4-14(25)20-10-12-5-7-13(19)8-6-12/h5-8,11H,3-4,9-10H2,1-2H3,(H,20,25). The molecule has 1 N–H and O–H groups in total. The van der Waals surface area contributed by atoms with Gasteiger partial charge < -0.3 is 9.88 Å². The van der Waals surface area contributed by atoms with Gasteiger partial charge in [0, 0.05) is 33.6 Å². The van der Waals surface area contributed by atoms with Crippen LogP contribution in [0.4, 0.5) is 4.39 Å². The first-order chi connectivity index (χ1) is 12.9. The first-order valence-electron chi connectivity index (χ1n) is 8.50. The minimum absolute atomic E-state index is 0.135. The number of fused-ring (bicyclic) bond motifs is 1. The predicted molar refractivity (Wildman–Crippen MR) is 97.7 cm³/mol. The maximum atomic E-state index is 12.9. The van der Waals surface area contributed by atoms with E-state index in [0.29, 0.717) is 30.7 Å². The fraction of sp³-hybridized carbons (Fsp3) is 0.333. The molecular formula is C18H20FN5O3. The van der Waals surface area contributed by atoms with E-state index >= 15 is 0 Å². The highest BCUT2D eigenvalue weighted by Gasteiger charge is 2.14. The molecule has 142 valence electrons. The minimum atomic E-state index is -0.432. The first kappa shape index (κ1) is 18.6. The van der Waals surface area contributed by atoms with E-state index in [2.05, 4.69) is 10.3 Å². The van der Waals surface area contributed by atoms with Gasteiger partial charge in [-0.05, 0) is 24.1 Å². The molecule has 0 spiro atoms. The van der Waals surface area contributed by atoms with Gasteiger partial charge in [0.2, 0.25) is 5.91 Å². The van der Waals surface area contributed by atoms with Crippen molar-refractivity contribution >= 4 is 17.1 Å². The Balaban J connectivity index is 1.60. The van der Waals surface area contributed by atoms with E-state index in [4.69, 9.17) is 0 Å². The summed E-state index contributed by atoms with van der Waals surface area (Å²) >= 11 is 0. The molecule has 0 radical (unpaired) electrons. The molecule has 3 rings (SSSR count). The Labute approximate surface area is 153 Å². The number of carbonyl (C=O) groups is 1. The number of aryl methyl sites for hydroxylation is 2. The quantitative estimate of drug-likeness (QED) is 0.688. The van der Waals surface area contributed by atoms with E-state index in [0.717, 1.165) is 10.1 Å². The second kappa shape index (κ2) is 7.56. The van der Waals surface area contributed by atoms with Gasteiger partial charge in [-0.15, -0.1) is 0 Å². The summed E-state index contributed by atoms with van der Waals surface area (Å²) < 4.78 is 16.9. The Kier molecular flexibility index (Phi) is 5.20. The molecule has 2 aromatic heterocycles. The molecule has 0 aliphatic heterocycles. The molecule has 9 heteroatoms. The monoisotopic (exact) mass is 373 g/mol. The Morgan fingerprint density at radius 1 is 1.15 bits per heavy atom. The number of carbonyl (C=O) groups excluding carboxylic acids is 1. The van der Waals surface area contributed by atoms with Crippen LogP contribution >= 0.6 is 0 Å². The maximum Gasteiger partial charge on any atom is 0.332 e. The molecule has 0 saturated carbocycles. The van der Waals surface area contributed by atoms with Crippen LogP contribution in [0.2, 0.25) is 0 Å². The van der Waals surface area contributed by atoms with E-state index in [1.165, 1.54) is 30.1 Å². The Bertz CT molecular complexity index is 1100. The van der Waals surface area contributed by atoms with Crippen molar-refractivity contribution in [2.24, 2.45) is 14.1 Å². The Hall–Kier alpha value is -3.23. The molecule has 0 aliphatic carbocycles. The topological polar surface area (TPSA) is 90.9 Å². The zero-order valence-electron chi connectivity index (χ0n) is 15.1. The average molecular weight is 373 g/mol. The van der Waals surface area contributed by atoms with Crippen molar-refractivity contribution in [1.29, 1.82) is 0 Å². The van der Waals surface area contributed by atoms with Crippen molar-refractivity contribution < 1.29 is 9.18 Å². The molecule has 0 fully saturated rings. The lowest BCUT2D eigenvalue weighted by Gasteiger charge is -2.07. The Morgan fingerprint density at radius 2 is 1.85 bits per heavy atom. The predicted octanol–water partition coefficient (Wildman–Crippen LogP) is 0.669. The normalized spacial score (nSPS) is 11.1. The highest BCUT2D eigenvalue weighted by molar-refractivity contribution is 5.75. The zero-order chi connectivity index (χ0) is 19.6. The number of hydrogen-bond acceptors (Lipinski definition) is 4. The van der Waals surface area contributed by atoms with Crippen LogP contribution in [0.3, 0.4) is 0 Å². The molecule has 2 heterocycles. The number of amides is 1. The van der Waals surface area contributed by atoms with Gasteiger partial charge in [0.25, 0.3) is 5.56 Å². The van der Waals surface area contributed by atoms with Gasteiger partial charge in [-0.25, -0.2) is 14.2 Å². The summed E-state index contributed by atoms with van der Waals surface area (Å²) in [5, 5.41) is 2.78. The van der Waals surface area contributed by atoms with Crippen LogP contribution in [0, 0.1) is 5.82 Å². The summed E-state index contributed by atoms with van der Waals surface area (Å²) in [6, 6.07) is 5.93. The summed E-state index contributed by atoms with van der Waals surface area (Å²) in [6.45, 7) is 0.754. The second-order valence-corrected chi connectivity index (χ2v) is 6.32. The lowest BCUT2D eigenvalue weighted by atomic mass is 10.2. The number of hydrogen-bond donors (Lipinski definition) is 1. The molecule has 0 bridgehead atoms. The van der Waals surface area contributed by atoms with Crippen molar-refractivity contribution in [3.63, 3.8) is 0 Å². The highest BCUT2D eigenvalue weighted by Crippen LogP contribution is 2.07. The molecule has 3 aromatic rings. The number of imidazole rings is 1. The summed E-state index contributed by atoms with van der Waals surface area (Å²) in [5.41, 5.74) is 0.634. The highest BCUT2D eigenvalue weighted by atomic mass is 19.1. The van der Waals surface area contributed by atoms with Gasteiger partial charge >= 0.3 is 5.69 Å². The number of benzene rings is 1. The van der Waals surface area contributed by atoms with E-state index in [1.54, 1.807) is 23.7 Å². The first-order valence-corrected chi connectivity index (χ1v) is 8.50. The van der Waals surface area contributed by atoms with Crippen LogP contribution in [0.5, 0.6) is 0 Å². The van der Waals surface area contributed by atoms with Crippen molar-refractivity contribution in [2.45, 2.75) is 25.9 Å². The summed E-state index contributed by atoms with van der Waals surface area (Å²) in [4.78, 5) is 40.4. The van der Waals surface area contributed by atoms with Crippen molar-refractivity contribution in [1.82, 2.24) is 24.0 Å². The molecule has 0 atom stereocenters. The second-order valence-electron chi connectivity index (χ2n) is 6.32. The molecule has 0 unspecified atom stereocenters. The van der Waals surface area contributed by atoms with Gasteiger partial charge in [-0.3, -0.25) is 18.7 Å². The van der Waals surface area contributed by atoms with Crippen molar-refractivity contribution in [2.75, 3.05) is 0 Å². The number of aromatic nitrogens is 4. The molecular weight excluding hydrogens is 353 g/mol. The van der Waals surface area contributed by atoms with Gasteiger partial charge in [-0.1, -0.05) is 12.1 Å². The van der Waals surface area contributed by atoms with E-state index in [-0.39, 0.29) is 18.1 Å². The molecule has 27 heavy (non-hydrogen) atoms. The number of halogens is 1. The van der Waals surface area contributed by atoms with E-state index in [9.17, 15) is 18.8 Å². The van der Waals surface area contributed by atoms with Gasteiger partial charge in [0.1, 0.15) is 5.82 Å². The smallest absolute Gasteiger partial charge is 0.332 e. The van der Waals surface area contributed by atoms with Gasteiger partial charge in [0.05, 0.1) is 6.33 Å². The summed E-state index contributed by atoms with van der Waals surface area (Å²) in [6.07, 6.45) is 2.28. The number of rotatable bonds is 6. The lowest BCUT2D eigenvalue weighted by Crippen LogP contribution is -2.37. The maximum absolute atomic E-state index is 12.9. The summed E-state index contributed by atoms with van der Waals surface area (Å²) in [5.74, 6) is -0.453. The Morgan fingerprint density at radius 3 is 2.56 bits per heavy atom. The zero-order valence-corrected chi connectivity index (χ0v) is 15.1. The SMILES string of the molecule is Cn1c(=O)c2c(ncn2CCCC(=O)NCc2ccc(F)cc2)n(C)c1=O.